The van der Waals surface area contributed by atoms with Gasteiger partial charge in [-0.3, -0.25) is 4.79 Å². The summed E-state index contributed by atoms with van der Waals surface area (Å²) in [5.41, 5.74) is -0.133. The van der Waals surface area contributed by atoms with Crippen LogP contribution >= 0.6 is 0 Å². The number of hydrogen-bond donors (Lipinski definition) is 1. The van der Waals surface area contributed by atoms with Crippen molar-refractivity contribution in [3.63, 3.8) is 0 Å². The quantitative estimate of drug-likeness (QED) is 0.514. The number of hydrogen-bond acceptors (Lipinski definition) is 4. The van der Waals surface area contributed by atoms with Gasteiger partial charge in [0.25, 0.3) is 0 Å². The second kappa shape index (κ2) is 4.56. The van der Waals surface area contributed by atoms with Crippen LogP contribution in [0.25, 0.3) is 0 Å². The van der Waals surface area contributed by atoms with Gasteiger partial charge in [-0.15, -0.1) is 0 Å². The summed E-state index contributed by atoms with van der Waals surface area (Å²) in [4.78, 5) is 10.8. The molecule has 0 radical (unpaired) electrons. The third kappa shape index (κ3) is 1.95. The maximum Gasteiger partial charge on any atom is 1.00 e. The van der Waals surface area contributed by atoms with Gasteiger partial charge in [0, 0.05) is 6.20 Å². The van der Waals surface area contributed by atoms with Crippen LogP contribution in [0.3, 0.4) is 0 Å². The van der Waals surface area contributed by atoms with Crippen LogP contribution in [-0.4, -0.2) is 26.7 Å². The summed E-state index contributed by atoms with van der Waals surface area (Å²) in [6, 6.07) is 3.43. The second-order valence-electron chi connectivity index (χ2n) is 3.00. The molecule has 1 aliphatic rings. The van der Waals surface area contributed by atoms with Gasteiger partial charge in [-0.2, -0.15) is 10.2 Å². The van der Waals surface area contributed by atoms with Crippen LogP contribution in [-0.2, 0) is 10.2 Å². The van der Waals surface area contributed by atoms with Crippen molar-refractivity contribution >= 4 is 5.97 Å². The van der Waals surface area contributed by atoms with Crippen LogP contribution < -0.4 is 18.9 Å². The van der Waals surface area contributed by atoms with E-state index in [0.29, 0.717) is 18.5 Å². The predicted octanol–water partition coefficient (Wildman–Crippen LogP) is -2.58. The molecule has 14 heavy (non-hydrogen) atoms. The van der Waals surface area contributed by atoms with Crippen molar-refractivity contribution in [3.05, 3.63) is 24.0 Å². The molecule has 1 saturated carbocycles. The first-order valence-electron chi connectivity index (χ1n) is 3.77. The molecule has 2 N–H and O–H groups in total. The molecule has 0 unspecified atom stereocenters. The molecule has 6 heteroatoms. The van der Waals surface area contributed by atoms with Gasteiger partial charge >= 0.3 is 24.8 Å². The van der Waals surface area contributed by atoms with Crippen LogP contribution in [0.5, 0.6) is 0 Å². The number of rotatable bonds is 2. The van der Waals surface area contributed by atoms with Crippen molar-refractivity contribution in [3.8, 4) is 0 Å². The Labute approximate surface area is 93.0 Å². The van der Waals surface area contributed by atoms with Crippen molar-refractivity contribution in [1.29, 1.82) is 0 Å². The number of carboxylic acid groups (broad SMARTS) is 1. The van der Waals surface area contributed by atoms with Crippen LogP contribution in [0.4, 0.5) is 0 Å². The summed E-state index contributed by atoms with van der Waals surface area (Å²) in [6.07, 6.45) is 2.91. The summed E-state index contributed by atoms with van der Waals surface area (Å²) >= 11 is 0. The van der Waals surface area contributed by atoms with E-state index in [1.807, 2.05) is 0 Å². The molecule has 1 fully saturated rings. The van der Waals surface area contributed by atoms with Gasteiger partial charge < -0.3 is 10.6 Å². The van der Waals surface area contributed by atoms with Crippen molar-refractivity contribution in [2.45, 2.75) is 18.3 Å². The van der Waals surface area contributed by atoms with E-state index in [2.05, 4.69) is 10.2 Å². The summed E-state index contributed by atoms with van der Waals surface area (Å²) in [6.45, 7) is 0. The van der Waals surface area contributed by atoms with E-state index in [1.165, 1.54) is 0 Å². The van der Waals surface area contributed by atoms with Gasteiger partial charge in [0.1, 0.15) is 5.41 Å². The molecule has 1 aromatic rings. The largest absolute Gasteiger partial charge is 1.00 e. The van der Waals surface area contributed by atoms with E-state index >= 15 is 0 Å². The smallest absolute Gasteiger partial charge is 0.870 e. The molecule has 1 aliphatic carbocycles. The Hall–Kier alpha value is -0.893. The van der Waals surface area contributed by atoms with Gasteiger partial charge in [0.2, 0.25) is 0 Å². The summed E-state index contributed by atoms with van der Waals surface area (Å²) in [5.74, 6) is -0.789. The Morgan fingerprint density at radius 2 is 2.14 bits per heavy atom. The van der Waals surface area contributed by atoms with E-state index < -0.39 is 11.4 Å². The first-order valence-corrected chi connectivity index (χ1v) is 3.77. The van der Waals surface area contributed by atoms with Gasteiger partial charge in [0.05, 0.1) is 5.69 Å². The molecular formula is C8H9LiN2O3. The number of nitrogens with zero attached hydrogens (tertiary/aromatic N) is 2. The maximum atomic E-state index is 10.8. The number of carbonyl (C=O) groups is 1. The van der Waals surface area contributed by atoms with Gasteiger partial charge in [-0.25, -0.2) is 0 Å². The van der Waals surface area contributed by atoms with Gasteiger partial charge in [-0.05, 0) is 25.0 Å². The van der Waals surface area contributed by atoms with E-state index in [-0.39, 0.29) is 24.3 Å². The van der Waals surface area contributed by atoms with Crippen molar-refractivity contribution < 1.29 is 34.2 Å². The van der Waals surface area contributed by atoms with E-state index in [4.69, 9.17) is 5.11 Å². The average Bonchev–Trinajstić information content (AvgIpc) is 2.86. The summed E-state index contributed by atoms with van der Waals surface area (Å²) in [5, 5.41) is 16.4. The summed E-state index contributed by atoms with van der Waals surface area (Å²) in [7, 11) is 0. The molecule has 1 aromatic heterocycles. The van der Waals surface area contributed by atoms with E-state index in [1.54, 1.807) is 18.3 Å². The Bertz CT molecular complexity index is 314. The van der Waals surface area contributed by atoms with Crippen LogP contribution in [0.15, 0.2) is 18.3 Å². The Kier molecular flexibility index (Phi) is 4.27. The summed E-state index contributed by atoms with van der Waals surface area (Å²) < 4.78 is 0. The molecule has 0 spiro atoms. The Morgan fingerprint density at radius 1 is 1.50 bits per heavy atom. The minimum atomic E-state index is -0.789. The molecule has 0 bridgehead atoms. The fraction of sp³-hybridized carbons (Fsp3) is 0.375. The SMILES string of the molecule is O=C(O)C1(c2cccnn2)CC1.[Li+].[OH-]. The van der Waals surface area contributed by atoms with Crippen molar-refractivity contribution in [1.82, 2.24) is 10.2 Å². The first kappa shape index (κ1) is 13.1. The Morgan fingerprint density at radius 3 is 2.50 bits per heavy atom. The number of aliphatic carboxylic acids is 1. The van der Waals surface area contributed by atoms with Crippen LogP contribution in [0.1, 0.15) is 18.5 Å². The maximum absolute atomic E-state index is 10.8. The average molecular weight is 188 g/mol. The topological polar surface area (TPSA) is 93.1 Å². The molecule has 0 aliphatic heterocycles. The van der Waals surface area contributed by atoms with E-state index in [0.717, 1.165) is 0 Å². The molecule has 0 atom stereocenters. The zero-order valence-corrected chi connectivity index (χ0v) is 7.84. The fourth-order valence-electron chi connectivity index (χ4n) is 1.26. The van der Waals surface area contributed by atoms with Gasteiger partial charge in [0.15, 0.2) is 0 Å². The molecule has 70 valence electrons. The molecule has 0 saturated heterocycles. The standard InChI is InChI=1S/C8H8N2O2.Li.H2O/c11-7(12)8(3-4-8)6-2-1-5-9-10-6;;/h1-2,5H,3-4H2,(H,11,12);;1H2/q;+1;/p-1. The first-order chi connectivity index (χ1) is 5.76. The minimum absolute atomic E-state index is 0. The number of carboxylic acids is 1. The normalized spacial score (nSPS) is 16.0. The van der Waals surface area contributed by atoms with Crippen LogP contribution in [0.2, 0.25) is 0 Å². The molecule has 0 aromatic carbocycles. The monoisotopic (exact) mass is 188 g/mol. The zero-order valence-electron chi connectivity index (χ0n) is 7.84. The van der Waals surface area contributed by atoms with Crippen molar-refractivity contribution in [2.75, 3.05) is 0 Å². The van der Waals surface area contributed by atoms with Crippen molar-refractivity contribution in [2.24, 2.45) is 0 Å². The van der Waals surface area contributed by atoms with Crippen LogP contribution in [0, 0.1) is 0 Å². The second-order valence-corrected chi connectivity index (χ2v) is 3.00. The van der Waals surface area contributed by atoms with E-state index in [9.17, 15) is 4.79 Å². The number of aromatic nitrogens is 2. The zero-order chi connectivity index (χ0) is 8.60. The molecule has 1 heterocycles. The van der Waals surface area contributed by atoms with Gasteiger partial charge in [-0.1, -0.05) is 0 Å². The molecule has 2 rings (SSSR count). The predicted molar refractivity (Wildman–Crippen MR) is 42.5 cm³/mol. The molecule has 0 amide bonds. The Balaban J connectivity index is 0.000000845. The third-order valence-corrected chi connectivity index (χ3v) is 2.22. The fourth-order valence-corrected chi connectivity index (χ4v) is 1.26. The molecule has 5 nitrogen and oxygen atoms in total. The third-order valence-electron chi connectivity index (χ3n) is 2.22. The minimum Gasteiger partial charge on any atom is -0.870 e. The molecular weight excluding hydrogens is 179 g/mol.